The molecule has 0 saturated carbocycles. The van der Waals surface area contributed by atoms with Gasteiger partial charge in [-0.2, -0.15) is 0 Å². The van der Waals surface area contributed by atoms with Crippen LogP contribution in [0.1, 0.15) is 48.1 Å². The zero-order valence-electron chi connectivity index (χ0n) is 17.4. The maximum atomic E-state index is 12.0. The van der Waals surface area contributed by atoms with Gasteiger partial charge in [-0.1, -0.05) is 24.3 Å². The third-order valence-electron chi connectivity index (χ3n) is 6.18. The Labute approximate surface area is 174 Å². The van der Waals surface area contributed by atoms with Gasteiger partial charge in [-0.15, -0.1) is 0 Å². The number of carbonyl (C=O) groups is 2. The second kappa shape index (κ2) is 7.52. The van der Waals surface area contributed by atoms with Crippen LogP contribution < -0.4 is 0 Å². The van der Waals surface area contributed by atoms with Gasteiger partial charge in [0.25, 0.3) is 0 Å². The summed E-state index contributed by atoms with van der Waals surface area (Å²) in [6.45, 7) is 4.08. The lowest BCUT2D eigenvalue weighted by Crippen LogP contribution is -2.29. The SMILES string of the molecule is COC(=O)CCC1(CCC(=O)O)c2ccccc2-c2nc3cc(C)c(C)cc3nc21. The van der Waals surface area contributed by atoms with Gasteiger partial charge in [-0.05, 0) is 55.5 Å². The first kappa shape index (κ1) is 20.0. The average molecular weight is 404 g/mol. The molecule has 0 amide bonds. The van der Waals surface area contributed by atoms with E-state index in [1.807, 2.05) is 50.2 Å². The Hall–Kier alpha value is -3.28. The van der Waals surface area contributed by atoms with Crippen LogP contribution in [-0.4, -0.2) is 34.1 Å². The number of ether oxygens (including phenoxy) is 1. The van der Waals surface area contributed by atoms with Gasteiger partial charge in [-0.3, -0.25) is 9.59 Å². The van der Waals surface area contributed by atoms with Crippen molar-refractivity contribution in [3.8, 4) is 11.3 Å². The van der Waals surface area contributed by atoms with E-state index < -0.39 is 11.4 Å². The Morgan fingerprint density at radius 3 is 2.30 bits per heavy atom. The van der Waals surface area contributed by atoms with Crippen LogP contribution in [0.25, 0.3) is 22.3 Å². The van der Waals surface area contributed by atoms with E-state index in [0.717, 1.165) is 44.7 Å². The second-order valence-corrected chi connectivity index (χ2v) is 7.94. The zero-order valence-corrected chi connectivity index (χ0v) is 17.4. The van der Waals surface area contributed by atoms with Crippen LogP contribution in [0.4, 0.5) is 0 Å². The number of nitrogens with zero attached hydrogens (tertiary/aromatic N) is 2. The van der Waals surface area contributed by atoms with Gasteiger partial charge in [0.2, 0.25) is 0 Å². The van der Waals surface area contributed by atoms with Crippen molar-refractivity contribution in [2.45, 2.75) is 44.9 Å². The van der Waals surface area contributed by atoms with Crippen LogP contribution >= 0.6 is 0 Å². The normalized spacial score (nSPS) is 16.9. The molecule has 1 aliphatic rings. The van der Waals surface area contributed by atoms with Gasteiger partial charge in [-0.25, -0.2) is 9.97 Å². The standard InChI is InChI=1S/C24H24N2O4/c1-14-12-18-19(13-15(14)2)26-23-22(25-18)16-6-4-5-7-17(16)24(23,10-8-20(27)28)11-9-21(29)30-3/h4-7,12-13H,8-11H2,1-3H3,(H,27,28). The van der Waals surface area contributed by atoms with Gasteiger partial charge < -0.3 is 9.84 Å². The molecule has 4 rings (SSSR count). The van der Waals surface area contributed by atoms with Crippen molar-refractivity contribution in [3.63, 3.8) is 0 Å². The molecule has 1 aliphatic carbocycles. The summed E-state index contributed by atoms with van der Waals surface area (Å²) in [5.74, 6) is -1.20. The zero-order chi connectivity index (χ0) is 21.5. The fourth-order valence-electron chi connectivity index (χ4n) is 4.44. The summed E-state index contributed by atoms with van der Waals surface area (Å²) < 4.78 is 4.86. The molecule has 3 aromatic rings. The minimum Gasteiger partial charge on any atom is -0.481 e. The Bertz CT molecular complexity index is 1170. The molecule has 6 heteroatoms. The second-order valence-electron chi connectivity index (χ2n) is 7.94. The maximum Gasteiger partial charge on any atom is 0.305 e. The molecule has 154 valence electrons. The molecule has 1 N–H and O–H groups in total. The number of carboxylic acids is 1. The number of rotatable bonds is 6. The molecular weight excluding hydrogens is 380 g/mol. The fourth-order valence-corrected chi connectivity index (χ4v) is 4.44. The summed E-state index contributed by atoms with van der Waals surface area (Å²) in [6.07, 6.45) is 0.911. The number of aliphatic carboxylic acids is 1. The molecule has 1 atom stereocenters. The molecule has 2 aromatic carbocycles. The van der Waals surface area contributed by atoms with E-state index in [4.69, 9.17) is 14.7 Å². The molecular formula is C24H24N2O4. The quantitative estimate of drug-likeness (QED) is 0.615. The summed E-state index contributed by atoms with van der Waals surface area (Å²) in [5.41, 5.74) is 6.63. The lowest BCUT2D eigenvalue weighted by Gasteiger charge is -2.30. The molecule has 0 fully saturated rings. The van der Waals surface area contributed by atoms with E-state index in [-0.39, 0.29) is 18.8 Å². The van der Waals surface area contributed by atoms with Gasteiger partial charge in [0.1, 0.15) is 0 Å². The minimum absolute atomic E-state index is 0.0262. The Balaban J connectivity index is 1.97. The molecule has 0 bridgehead atoms. The van der Waals surface area contributed by atoms with Crippen LogP contribution in [-0.2, 0) is 19.7 Å². The van der Waals surface area contributed by atoms with Crippen LogP contribution in [0.3, 0.4) is 0 Å². The molecule has 1 unspecified atom stereocenters. The summed E-state index contributed by atoms with van der Waals surface area (Å²) in [4.78, 5) is 33.4. The summed E-state index contributed by atoms with van der Waals surface area (Å²) in [7, 11) is 1.36. The minimum atomic E-state index is -0.876. The number of methoxy groups -OCH3 is 1. The number of hydrogen-bond donors (Lipinski definition) is 1. The van der Waals surface area contributed by atoms with Crippen molar-refractivity contribution < 1.29 is 19.4 Å². The maximum absolute atomic E-state index is 12.0. The number of aromatic nitrogens is 2. The Kier molecular flexibility index (Phi) is 5.02. The van der Waals surface area contributed by atoms with Crippen molar-refractivity contribution in [1.29, 1.82) is 0 Å². The third-order valence-corrected chi connectivity index (χ3v) is 6.18. The van der Waals surface area contributed by atoms with Crippen molar-refractivity contribution >= 4 is 23.0 Å². The number of carbonyl (C=O) groups excluding carboxylic acids is 1. The van der Waals surface area contributed by atoms with Crippen molar-refractivity contribution in [2.24, 2.45) is 0 Å². The molecule has 0 aliphatic heterocycles. The van der Waals surface area contributed by atoms with Crippen LogP contribution in [0.5, 0.6) is 0 Å². The van der Waals surface area contributed by atoms with E-state index in [1.54, 1.807) is 0 Å². The first-order valence-electron chi connectivity index (χ1n) is 10.0. The number of esters is 1. The predicted octanol–water partition coefficient (Wildman–Crippen LogP) is 4.33. The molecule has 6 nitrogen and oxygen atoms in total. The fraction of sp³-hybridized carbons (Fsp3) is 0.333. The van der Waals surface area contributed by atoms with Crippen molar-refractivity contribution in [2.75, 3.05) is 7.11 Å². The van der Waals surface area contributed by atoms with Gasteiger partial charge >= 0.3 is 11.9 Å². The molecule has 30 heavy (non-hydrogen) atoms. The lowest BCUT2D eigenvalue weighted by molar-refractivity contribution is -0.141. The number of fused-ring (bicyclic) bond motifs is 4. The molecule has 0 saturated heterocycles. The number of aryl methyl sites for hydroxylation is 2. The van der Waals surface area contributed by atoms with E-state index in [1.165, 1.54) is 7.11 Å². The van der Waals surface area contributed by atoms with Crippen LogP contribution in [0.15, 0.2) is 36.4 Å². The highest BCUT2D eigenvalue weighted by atomic mass is 16.5. The first-order chi connectivity index (χ1) is 14.4. The van der Waals surface area contributed by atoms with Gasteiger partial charge in [0.05, 0.1) is 29.5 Å². The number of benzene rings is 2. The van der Waals surface area contributed by atoms with Crippen molar-refractivity contribution in [1.82, 2.24) is 9.97 Å². The van der Waals surface area contributed by atoms with Crippen LogP contribution in [0, 0.1) is 13.8 Å². The predicted molar refractivity (Wildman–Crippen MR) is 113 cm³/mol. The van der Waals surface area contributed by atoms with Crippen LogP contribution in [0.2, 0.25) is 0 Å². The summed E-state index contributed by atoms with van der Waals surface area (Å²) >= 11 is 0. The van der Waals surface area contributed by atoms with Gasteiger partial charge in [0, 0.05) is 23.8 Å². The van der Waals surface area contributed by atoms with Gasteiger partial charge in [0.15, 0.2) is 0 Å². The summed E-state index contributed by atoms with van der Waals surface area (Å²) in [6, 6.07) is 11.9. The lowest BCUT2D eigenvalue weighted by atomic mass is 9.73. The third kappa shape index (κ3) is 3.22. The highest BCUT2D eigenvalue weighted by molar-refractivity contribution is 5.85. The number of hydrogen-bond acceptors (Lipinski definition) is 5. The van der Waals surface area contributed by atoms with E-state index >= 15 is 0 Å². The molecule has 1 heterocycles. The highest BCUT2D eigenvalue weighted by Crippen LogP contribution is 2.52. The molecule has 0 spiro atoms. The topological polar surface area (TPSA) is 89.4 Å². The largest absolute Gasteiger partial charge is 0.481 e. The van der Waals surface area contributed by atoms with E-state index in [9.17, 15) is 14.7 Å². The monoisotopic (exact) mass is 404 g/mol. The molecule has 1 aromatic heterocycles. The number of carboxylic acid groups (broad SMARTS) is 1. The van der Waals surface area contributed by atoms with E-state index in [0.29, 0.717) is 12.8 Å². The summed E-state index contributed by atoms with van der Waals surface area (Å²) in [5, 5.41) is 9.42. The average Bonchev–Trinajstić information content (AvgIpc) is 2.99. The highest BCUT2D eigenvalue weighted by Gasteiger charge is 2.45. The smallest absolute Gasteiger partial charge is 0.305 e. The van der Waals surface area contributed by atoms with E-state index in [2.05, 4.69) is 0 Å². The first-order valence-corrected chi connectivity index (χ1v) is 10.0. The van der Waals surface area contributed by atoms with Crippen molar-refractivity contribution in [3.05, 3.63) is 58.8 Å². The molecule has 0 radical (unpaired) electrons. The Morgan fingerprint density at radius 2 is 1.63 bits per heavy atom. The Morgan fingerprint density at radius 1 is 1.00 bits per heavy atom.